The first-order valence-electron chi connectivity index (χ1n) is 6.02. The van der Waals surface area contributed by atoms with E-state index in [2.05, 4.69) is 0 Å². The summed E-state index contributed by atoms with van der Waals surface area (Å²) in [4.78, 5) is 0. The third-order valence-electron chi connectivity index (χ3n) is 3.05. The van der Waals surface area contributed by atoms with Gasteiger partial charge in [0.25, 0.3) is 0 Å². The number of benzene rings is 2. The topological polar surface area (TPSA) is 26.0 Å². The summed E-state index contributed by atoms with van der Waals surface area (Å²) in [5.74, 6) is -0.227. The van der Waals surface area contributed by atoms with Crippen molar-refractivity contribution in [3.05, 3.63) is 69.5 Å². The van der Waals surface area contributed by atoms with E-state index in [-0.39, 0.29) is 11.7 Å². The third kappa shape index (κ3) is 3.47. The molecule has 4 heteroatoms. The minimum atomic E-state index is -0.250. The molecule has 0 aromatic heterocycles. The van der Waals surface area contributed by atoms with Gasteiger partial charge in [-0.1, -0.05) is 41.4 Å². The molecule has 100 valence electrons. The average Bonchev–Trinajstić information content (AvgIpc) is 2.39. The first kappa shape index (κ1) is 14.3. The normalized spacial score (nSPS) is 12.4. The standard InChI is InChI=1S/C15H14Cl2FN/c16-14-5-4-11(9-15(14)17)13(6-7-19)10-2-1-3-12(18)8-10/h1-5,8-9,13H,6-7,19H2. The summed E-state index contributed by atoms with van der Waals surface area (Å²) in [5.41, 5.74) is 7.54. The summed E-state index contributed by atoms with van der Waals surface area (Å²) in [6.07, 6.45) is 0.724. The number of nitrogens with two attached hydrogens (primary N) is 1. The second kappa shape index (κ2) is 6.38. The van der Waals surface area contributed by atoms with Crippen molar-refractivity contribution in [1.29, 1.82) is 0 Å². The molecule has 19 heavy (non-hydrogen) atoms. The lowest BCUT2D eigenvalue weighted by Crippen LogP contribution is -2.09. The molecule has 0 spiro atoms. The van der Waals surface area contributed by atoms with Crippen molar-refractivity contribution in [3.63, 3.8) is 0 Å². The molecule has 1 unspecified atom stereocenters. The van der Waals surface area contributed by atoms with Gasteiger partial charge >= 0.3 is 0 Å². The van der Waals surface area contributed by atoms with Gasteiger partial charge in [0.05, 0.1) is 10.0 Å². The van der Waals surface area contributed by atoms with E-state index >= 15 is 0 Å². The Bertz CT molecular complexity index is 572. The van der Waals surface area contributed by atoms with Crippen LogP contribution in [0.5, 0.6) is 0 Å². The quantitative estimate of drug-likeness (QED) is 0.876. The largest absolute Gasteiger partial charge is 0.330 e. The van der Waals surface area contributed by atoms with Gasteiger partial charge in [-0.15, -0.1) is 0 Å². The van der Waals surface area contributed by atoms with Crippen LogP contribution in [0.15, 0.2) is 42.5 Å². The summed E-state index contributed by atoms with van der Waals surface area (Å²) in [7, 11) is 0. The Kier molecular flexibility index (Phi) is 4.81. The molecule has 0 saturated heterocycles. The number of hydrogen-bond donors (Lipinski definition) is 1. The molecule has 0 heterocycles. The van der Waals surface area contributed by atoms with Gasteiger partial charge in [-0.2, -0.15) is 0 Å². The van der Waals surface area contributed by atoms with E-state index < -0.39 is 0 Å². The van der Waals surface area contributed by atoms with Crippen LogP contribution in [0.1, 0.15) is 23.5 Å². The SMILES string of the molecule is NCCC(c1cccc(F)c1)c1ccc(Cl)c(Cl)c1. The summed E-state index contributed by atoms with van der Waals surface area (Å²) in [6.45, 7) is 0.515. The third-order valence-corrected chi connectivity index (χ3v) is 3.79. The maximum absolute atomic E-state index is 13.3. The molecule has 1 atom stereocenters. The highest BCUT2D eigenvalue weighted by Gasteiger charge is 2.15. The molecule has 0 aliphatic heterocycles. The number of rotatable bonds is 4. The lowest BCUT2D eigenvalue weighted by atomic mass is 9.88. The second-order valence-electron chi connectivity index (χ2n) is 4.36. The zero-order valence-corrected chi connectivity index (χ0v) is 11.8. The Hall–Kier alpha value is -1.09. The van der Waals surface area contributed by atoms with Crippen LogP contribution >= 0.6 is 23.2 Å². The van der Waals surface area contributed by atoms with Crippen molar-refractivity contribution in [2.75, 3.05) is 6.54 Å². The van der Waals surface area contributed by atoms with Crippen molar-refractivity contribution in [3.8, 4) is 0 Å². The molecule has 0 radical (unpaired) electrons. The smallest absolute Gasteiger partial charge is 0.123 e. The van der Waals surface area contributed by atoms with Crippen molar-refractivity contribution >= 4 is 23.2 Å². The van der Waals surface area contributed by atoms with Crippen LogP contribution in [0.2, 0.25) is 10.0 Å². The Morgan fingerprint density at radius 3 is 2.37 bits per heavy atom. The predicted molar refractivity (Wildman–Crippen MR) is 78.4 cm³/mol. The fourth-order valence-corrected chi connectivity index (χ4v) is 2.45. The van der Waals surface area contributed by atoms with E-state index in [1.807, 2.05) is 18.2 Å². The van der Waals surface area contributed by atoms with E-state index in [4.69, 9.17) is 28.9 Å². The summed E-state index contributed by atoms with van der Waals surface area (Å²) in [6, 6.07) is 12.0. The predicted octanol–water partition coefficient (Wildman–Crippen LogP) is 4.61. The molecule has 2 rings (SSSR count). The van der Waals surface area contributed by atoms with Gasteiger partial charge in [-0.25, -0.2) is 4.39 Å². The Morgan fingerprint density at radius 1 is 1.00 bits per heavy atom. The van der Waals surface area contributed by atoms with Crippen LogP contribution in [-0.2, 0) is 0 Å². The summed E-state index contributed by atoms with van der Waals surface area (Å²) >= 11 is 12.0. The molecule has 0 saturated carbocycles. The first-order valence-corrected chi connectivity index (χ1v) is 6.78. The number of hydrogen-bond acceptors (Lipinski definition) is 1. The van der Waals surface area contributed by atoms with Crippen molar-refractivity contribution in [2.24, 2.45) is 5.73 Å². The molecule has 0 amide bonds. The molecule has 0 aliphatic rings. The van der Waals surface area contributed by atoms with Gasteiger partial charge in [-0.05, 0) is 48.4 Å². The lowest BCUT2D eigenvalue weighted by molar-refractivity contribution is 0.620. The highest BCUT2D eigenvalue weighted by Crippen LogP contribution is 2.32. The monoisotopic (exact) mass is 297 g/mol. The summed E-state index contributed by atoms with van der Waals surface area (Å²) < 4.78 is 13.3. The molecular formula is C15H14Cl2FN. The van der Waals surface area contributed by atoms with Gasteiger partial charge in [-0.3, -0.25) is 0 Å². The van der Waals surface area contributed by atoms with E-state index in [0.717, 1.165) is 17.5 Å². The van der Waals surface area contributed by atoms with E-state index in [1.165, 1.54) is 12.1 Å². The van der Waals surface area contributed by atoms with Crippen LogP contribution in [0.4, 0.5) is 4.39 Å². The molecule has 0 bridgehead atoms. The van der Waals surface area contributed by atoms with E-state index in [0.29, 0.717) is 16.6 Å². The van der Waals surface area contributed by atoms with Gasteiger partial charge < -0.3 is 5.73 Å². The van der Waals surface area contributed by atoms with Crippen LogP contribution < -0.4 is 5.73 Å². The van der Waals surface area contributed by atoms with Gasteiger partial charge in [0, 0.05) is 5.92 Å². The maximum Gasteiger partial charge on any atom is 0.123 e. The highest BCUT2D eigenvalue weighted by molar-refractivity contribution is 6.42. The second-order valence-corrected chi connectivity index (χ2v) is 5.17. The maximum atomic E-state index is 13.3. The minimum absolute atomic E-state index is 0.0236. The minimum Gasteiger partial charge on any atom is -0.330 e. The molecule has 2 aromatic carbocycles. The van der Waals surface area contributed by atoms with Crippen LogP contribution in [0.3, 0.4) is 0 Å². The molecule has 2 N–H and O–H groups in total. The molecule has 2 aromatic rings. The van der Waals surface area contributed by atoms with Gasteiger partial charge in [0.15, 0.2) is 0 Å². The zero-order valence-electron chi connectivity index (χ0n) is 10.2. The molecular weight excluding hydrogens is 284 g/mol. The fraction of sp³-hybridized carbons (Fsp3) is 0.200. The lowest BCUT2D eigenvalue weighted by Gasteiger charge is -2.18. The van der Waals surface area contributed by atoms with Gasteiger partial charge in [0.2, 0.25) is 0 Å². The highest BCUT2D eigenvalue weighted by atomic mass is 35.5. The van der Waals surface area contributed by atoms with Crippen LogP contribution in [0.25, 0.3) is 0 Å². The van der Waals surface area contributed by atoms with E-state index in [1.54, 1.807) is 12.1 Å². The molecule has 0 aliphatic carbocycles. The molecule has 0 fully saturated rings. The van der Waals surface area contributed by atoms with Crippen molar-refractivity contribution in [1.82, 2.24) is 0 Å². The Morgan fingerprint density at radius 2 is 1.74 bits per heavy atom. The van der Waals surface area contributed by atoms with Crippen molar-refractivity contribution in [2.45, 2.75) is 12.3 Å². The van der Waals surface area contributed by atoms with E-state index in [9.17, 15) is 4.39 Å². The fourth-order valence-electron chi connectivity index (χ4n) is 2.14. The first-order chi connectivity index (χ1) is 9.11. The zero-order chi connectivity index (χ0) is 13.8. The Balaban J connectivity index is 2.42. The average molecular weight is 298 g/mol. The summed E-state index contributed by atoms with van der Waals surface area (Å²) in [5, 5.41) is 1.01. The van der Waals surface area contributed by atoms with Crippen LogP contribution in [-0.4, -0.2) is 6.54 Å². The van der Waals surface area contributed by atoms with Crippen LogP contribution in [0, 0.1) is 5.82 Å². The number of halogens is 3. The van der Waals surface area contributed by atoms with Gasteiger partial charge in [0.1, 0.15) is 5.82 Å². The Labute approximate surface area is 122 Å². The van der Waals surface area contributed by atoms with Crippen molar-refractivity contribution < 1.29 is 4.39 Å². The molecule has 1 nitrogen and oxygen atoms in total.